The second-order valence-electron chi connectivity index (χ2n) is 5.23. The third kappa shape index (κ3) is 2.19. The van der Waals surface area contributed by atoms with Crippen molar-refractivity contribution in [3.8, 4) is 11.3 Å². The number of imidazole rings is 1. The van der Waals surface area contributed by atoms with Gasteiger partial charge in [-0.25, -0.2) is 4.98 Å². The van der Waals surface area contributed by atoms with Crippen LogP contribution in [0.4, 0.5) is 0 Å². The quantitative estimate of drug-likeness (QED) is 0.681. The maximum atomic E-state index is 6.08. The smallest absolute Gasteiger partial charge is 0.254 e. The summed E-state index contributed by atoms with van der Waals surface area (Å²) in [5.41, 5.74) is 4.08. The summed E-state index contributed by atoms with van der Waals surface area (Å²) in [6.45, 7) is 0. The summed E-state index contributed by atoms with van der Waals surface area (Å²) in [5.74, 6) is 0.636. The predicted molar refractivity (Wildman–Crippen MR) is 82.9 cm³/mol. The second kappa shape index (κ2) is 4.97. The minimum atomic E-state index is 0.527. The van der Waals surface area contributed by atoms with Crippen LogP contribution in [-0.4, -0.2) is 19.6 Å². The van der Waals surface area contributed by atoms with Gasteiger partial charge in [0.05, 0.1) is 21.4 Å². The molecule has 0 spiro atoms. The minimum Gasteiger partial charge on any atom is -0.284 e. The molecule has 3 aromatic rings. The summed E-state index contributed by atoms with van der Waals surface area (Å²) >= 11 is 12.0. The Balaban J connectivity index is 1.88. The number of nitrogens with zero attached hydrogens (tertiary/aromatic N) is 4. The van der Waals surface area contributed by atoms with E-state index in [1.165, 1.54) is 18.5 Å². The molecule has 0 radical (unpaired) electrons. The van der Waals surface area contributed by atoms with E-state index in [2.05, 4.69) is 19.6 Å². The van der Waals surface area contributed by atoms with Crippen molar-refractivity contribution in [2.24, 2.45) is 0 Å². The summed E-state index contributed by atoms with van der Waals surface area (Å²) in [7, 11) is 0. The first-order chi connectivity index (χ1) is 10.2. The van der Waals surface area contributed by atoms with Gasteiger partial charge in [0.25, 0.3) is 5.78 Å². The van der Waals surface area contributed by atoms with Gasteiger partial charge < -0.3 is 0 Å². The number of aryl methyl sites for hydroxylation is 2. The summed E-state index contributed by atoms with van der Waals surface area (Å²) in [6, 6.07) is 5.52. The Morgan fingerprint density at radius 3 is 2.71 bits per heavy atom. The third-order valence-electron chi connectivity index (χ3n) is 3.86. The Morgan fingerprint density at radius 2 is 1.86 bits per heavy atom. The monoisotopic (exact) mass is 318 g/mol. The fourth-order valence-corrected chi connectivity index (χ4v) is 3.08. The Hall–Kier alpha value is -1.65. The zero-order valence-electron chi connectivity index (χ0n) is 11.2. The molecule has 21 heavy (non-hydrogen) atoms. The minimum absolute atomic E-state index is 0.527. The number of halogens is 2. The van der Waals surface area contributed by atoms with Gasteiger partial charge in [0.1, 0.15) is 0 Å². The molecule has 0 amide bonds. The summed E-state index contributed by atoms with van der Waals surface area (Å²) in [6.07, 6.45) is 6.40. The van der Waals surface area contributed by atoms with Crippen LogP contribution < -0.4 is 0 Å². The Kier molecular flexibility index (Phi) is 3.08. The van der Waals surface area contributed by atoms with E-state index in [9.17, 15) is 0 Å². The number of hydrogen-bond acceptors (Lipinski definition) is 3. The lowest BCUT2D eigenvalue weighted by molar-refractivity contribution is 0.627. The summed E-state index contributed by atoms with van der Waals surface area (Å²) in [5, 5.41) is 9.60. The Morgan fingerprint density at radius 1 is 1.00 bits per heavy atom. The summed E-state index contributed by atoms with van der Waals surface area (Å²) in [4.78, 5) is 4.55. The van der Waals surface area contributed by atoms with Gasteiger partial charge in [0.15, 0.2) is 0 Å². The molecular weight excluding hydrogens is 307 g/mol. The zero-order chi connectivity index (χ0) is 14.4. The van der Waals surface area contributed by atoms with Crippen LogP contribution in [0.5, 0.6) is 0 Å². The molecule has 6 heteroatoms. The molecule has 1 aliphatic rings. The van der Waals surface area contributed by atoms with Crippen LogP contribution in [-0.2, 0) is 12.8 Å². The van der Waals surface area contributed by atoms with E-state index in [-0.39, 0.29) is 0 Å². The predicted octanol–water partition coefficient (Wildman–Crippen LogP) is 3.98. The average Bonchev–Trinajstić information content (AvgIpc) is 2.94. The van der Waals surface area contributed by atoms with Crippen LogP contribution in [0.2, 0.25) is 10.0 Å². The van der Waals surface area contributed by atoms with Gasteiger partial charge in [-0.3, -0.25) is 4.40 Å². The van der Waals surface area contributed by atoms with Crippen molar-refractivity contribution < 1.29 is 0 Å². The van der Waals surface area contributed by atoms with Crippen molar-refractivity contribution in [1.29, 1.82) is 0 Å². The molecule has 0 fully saturated rings. The first-order valence-corrected chi connectivity index (χ1v) is 7.67. The van der Waals surface area contributed by atoms with E-state index >= 15 is 0 Å². The van der Waals surface area contributed by atoms with Crippen molar-refractivity contribution in [1.82, 2.24) is 19.6 Å². The van der Waals surface area contributed by atoms with Gasteiger partial charge in [0.2, 0.25) is 0 Å². The molecule has 106 valence electrons. The van der Waals surface area contributed by atoms with E-state index in [4.69, 9.17) is 23.2 Å². The van der Waals surface area contributed by atoms with Crippen LogP contribution in [0.1, 0.15) is 24.2 Å². The van der Waals surface area contributed by atoms with E-state index in [1.807, 2.05) is 18.3 Å². The van der Waals surface area contributed by atoms with Gasteiger partial charge in [0, 0.05) is 17.5 Å². The molecule has 2 heterocycles. The van der Waals surface area contributed by atoms with Gasteiger partial charge in [-0.15, -0.1) is 5.10 Å². The van der Waals surface area contributed by atoms with E-state index in [1.54, 1.807) is 6.07 Å². The number of benzene rings is 1. The lowest BCUT2D eigenvalue weighted by Gasteiger charge is -2.14. The molecule has 4 rings (SSSR count). The molecule has 0 N–H and O–H groups in total. The SMILES string of the molecule is Clc1ccc(-c2cn3c4c(nnc3n2)CCCC4)cc1Cl. The van der Waals surface area contributed by atoms with Crippen LogP contribution in [0, 0.1) is 0 Å². The molecule has 0 unspecified atom stereocenters. The Bertz CT molecular complexity index is 841. The molecule has 2 aromatic heterocycles. The molecule has 0 atom stereocenters. The van der Waals surface area contributed by atoms with Crippen LogP contribution in [0.25, 0.3) is 17.0 Å². The van der Waals surface area contributed by atoms with E-state index < -0.39 is 0 Å². The van der Waals surface area contributed by atoms with Crippen LogP contribution in [0.15, 0.2) is 24.4 Å². The zero-order valence-corrected chi connectivity index (χ0v) is 12.7. The second-order valence-corrected chi connectivity index (χ2v) is 6.04. The maximum absolute atomic E-state index is 6.08. The average molecular weight is 319 g/mol. The molecule has 0 saturated heterocycles. The maximum Gasteiger partial charge on any atom is 0.254 e. The largest absolute Gasteiger partial charge is 0.284 e. The van der Waals surface area contributed by atoms with Gasteiger partial charge in [-0.1, -0.05) is 29.3 Å². The van der Waals surface area contributed by atoms with Crippen molar-refractivity contribution in [2.75, 3.05) is 0 Å². The summed E-state index contributed by atoms with van der Waals surface area (Å²) < 4.78 is 2.05. The molecular formula is C15H12Cl2N4. The first kappa shape index (κ1) is 13.0. The third-order valence-corrected chi connectivity index (χ3v) is 4.60. The molecule has 0 saturated carbocycles. The lowest BCUT2D eigenvalue weighted by atomic mass is 10.0. The normalized spacial score (nSPS) is 14.4. The molecule has 0 bridgehead atoms. The van der Waals surface area contributed by atoms with Crippen LogP contribution in [0.3, 0.4) is 0 Å². The topological polar surface area (TPSA) is 43.1 Å². The van der Waals surface area contributed by atoms with Gasteiger partial charge in [-0.05, 0) is 37.8 Å². The lowest BCUT2D eigenvalue weighted by Crippen LogP contribution is -2.12. The highest BCUT2D eigenvalue weighted by atomic mass is 35.5. The van der Waals surface area contributed by atoms with Crippen molar-refractivity contribution in [3.05, 3.63) is 45.8 Å². The van der Waals surface area contributed by atoms with E-state index in [0.717, 1.165) is 29.8 Å². The van der Waals surface area contributed by atoms with Crippen LogP contribution >= 0.6 is 23.2 Å². The number of aromatic nitrogens is 4. The van der Waals surface area contributed by atoms with E-state index in [0.29, 0.717) is 15.8 Å². The first-order valence-electron chi connectivity index (χ1n) is 6.91. The molecule has 1 aliphatic carbocycles. The van der Waals surface area contributed by atoms with Gasteiger partial charge in [-0.2, -0.15) is 5.10 Å². The number of fused-ring (bicyclic) bond motifs is 3. The Labute approximate surface area is 131 Å². The number of rotatable bonds is 1. The molecule has 4 nitrogen and oxygen atoms in total. The fraction of sp³-hybridized carbons (Fsp3) is 0.267. The van der Waals surface area contributed by atoms with Crippen molar-refractivity contribution >= 4 is 29.0 Å². The molecule has 1 aromatic carbocycles. The molecule has 0 aliphatic heterocycles. The van der Waals surface area contributed by atoms with Crippen molar-refractivity contribution in [3.63, 3.8) is 0 Å². The van der Waals surface area contributed by atoms with Gasteiger partial charge >= 0.3 is 0 Å². The highest BCUT2D eigenvalue weighted by molar-refractivity contribution is 6.42. The standard InChI is InChI=1S/C15H12Cl2N4/c16-10-6-5-9(7-11(10)17)13-8-21-14-4-2-1-3-12(14)19-20-15(21)18-13/h5-8H,1-4H2. The highest BCUT2D eigenvalue weighted by Crippen LogP contribution is 2.29. The fourth-order valence-electron chi connectivity index (χ4n) is 2.78. The number of hydrogen-bond donors (Lipinski definition) is 0. The highest BCUT2D eigenvalue weighted by Gasteiger charge is 2.17. The van der Waals surface area contributed by atoms with Crippen molar-refractivity contribution in [2.45, 2.75) is 25.7 Å².